The Morgan fingerprint density at radius 2 is 2.10 bits per heavy atom. The van der Waals surface area contributed by atoms with Gasteiger partial charge in [-0.25, -0.2) is 0 Å². The Hall–Kier alpha value is -1.63. The summed E-state index contributed by atoms with van der Waals surface area (Å²) in [5.41, 5.74) is 1.50. The fraction of sp³-hybridized carbons (Fsp3) is 0.500. The number of nitrogens with zero attached hydrogens (tertiary/aromatic N) is 2. The van der Waals surface area contributed by atoms with Gasteiger partial charge in [0.05, 0.1) is 10.6 Å². The van der Waals surface area contributed by atoms with Gasteiger partial charge >= 0.3 is 5.97 Å². The SMILES string of the molecule is Cc1cc(N(CCCC(=O)O)C(C)C)c(Br)cc1[N+](=O)[O-]. The third-order valence-corrected chi connectivity index (χ3v) is 3.82. The highest BCUT2D eigenvalue weighted by atomic mass is 79.9. The quantitative estimate of drug-likeness (QED) is 0.592. The summed E-state index contributed by atoms with van der Waals surface area (Å²) in [6, 6.07) is 3.43. The molecule has 0 atom stereocenters. The lowest BCUT2D eigenvalue weighted by molar-refractivity contribution is -0.385. The minimum absolute atomic E-state index is 0.0693. The van der Waals surface area contributed by atoms with E-state index in [9.17, 15) is 14.9 Å². The Balaban J connectivity index is 3.05. The van der Waals surface area contributed by atoms with Crippen molar-refractivity contribution in [2.45, 2.75) is 39.7 Å². The standard InChI is InChI=1S/C14H19BrN2O4/c1-9(2)16(6-4-5-14(18)19)13-7-10(3)12(17(20)21)8-11(13)15/h7-9H,4-6H2,1-3H3,(H,18,19). The number of nitro benzene ring substituents is 1. The Kier molecular flexibility index (Phi) is 6.14. The highest BCUT2D eigenvalue weighted by Crippen LogP contribution is 2.34. The van der Waals surface area contributed by atoms with E-state index in [0.717, 1.165) is 5.69 Å². The van der Waals surface area contributed by atoms with E-state index >= 15 is 0 Å². The monoisotopic (exact) mass is 358 g/mol. The molecular formula is C14H19BrN2O4. The van der Waals surface area contributed by atoms with Crippen LogP contribution in [-0.4, -0.2) is 28.6 Å². The lowest BCUT2D eigenvalue weighted by atomic mass is 10.1. The first-order valence-corrected chi connectivity index (χ1v) is 7.46. The van der Waals surface area contributed by atoms with Crippen LogP contribution in [0.25, 0.3) is 0 Å². The Morgan fingerprint density at radius 3 is 2.57 bits per heavy atom. The molecular weight excluding hydrogens is 340 g/mol. The number of carbonyl (C=O) groups is 1. The first-order valence-electron chi connectivity index (χ1n) is 6.67. The van der Waals surface area contributed by atoms with Crippen molar-refractivity contribution >= 4 is 33.3 Å². The fourth-order valence-electron chi connectivity index (χ4n) is 2.13. The minimum atomic E-state index is -0.822. The van der Waals surface area contributed by atoms with Gasteiger partial charge in [0.2, 0.25) is 0 Å². The van der Waals surface area contributed by atoms with Crippen molar-refractivity contribution < 1.29 is 14.8 Å². The molecule has 0 aliphatic carbocycles. The Bertz CT molecular complexity index is 546. The van der Waals surface area contributed by atoms with Gasteiger partial charge in [-0.15, -0.1) is 0 Å². The molecule has 6 nitrogen and oxygen atoms in total. The first-order chi connectivity index (χ1) is 9.73. The highest BCUT2D eigenvalue weighted by Gasteiger charge is 2.19. The second-order valence-electron chi connectivity index (χ2n) is 5.13. The van der Waals surface area contributed by atoms with Gasteiger partial charge in [-0.1, -0.05) is 0 Å². The van der Waals surface area contributed by atoms with Crippen molar-refractivity contribution in [3.8, 4) is 0 Å². The van der Waals surface area contributed by atoms with Gasteiger partial charge in [0.15, 0.2) is 0 Å². The molecule has 0 spiro atoms. The Labute approximate surface area is 132 Å². The molecule has 1 rings (SSSR count). The maximum atomic E-state index is 10.9. The molecule has 0 heterocycles. The summed E-state index contributed by atoms with van der Waals surface area (Å²) in [6.07, 6.45) is 0.628. The molecule has 0 radical (unpaired) electrons. The molecule has 0 saturated carbocycles. The molecule has 1 aromatic rings. The molecule has 0 amide bonds. The number of rotatable bonds is 7. The van der Waals surface area contributed by atoms with Crippen molar-refractivity contribution in [3.05, 3.63) is 32.3 Å². The number of halogens is 1. The average Bonchev–Trinajstić information content (AvgIpc) is 2.36. The molecule has 21 heavy (non-hydrogen) atoms. The zero-order valence-corrected chi connectivity index (χ0v) is 13.9. The summed E-state index contributed by atoms with van der Waals surface area (Å²) in [5, 5.41) is 19.7. The fourth-order valence-corrected chi connectivity index (χ4v) is 2.69. The molecule has 1 N–H and O–H groups in total. The van der Waals surface area contributed by atoms with Gasteiger partial charge in [0.25, 0.3) is 5.69 Å². The van der Waals surface area contributed by atoms with E-state index in [0.29, 0.717) is 23.0 Å². The summed E-state index contributed by atoms with van der Waals surface area (Å²) in [7, 11) is 0. The van der Waals surface area contributed by atoms with Gasteiger partial charge < -0.3 is 10.0 Å². The van der Waals surface area contributed by atoms with Gasteiger partial charge in [-0.2, -0.15) is 0 Å². The second kappa shape index (κ2) is 7.40. The molecule has 0 aliphatic rings. The first kappa shape index (κ1) is 17.4. The van der Waals surface area contributed by atoms with E-state index in [2.05, 4.69) is 15.9 Å². The maximum absolute atomic E-state index is 10.9. The third-order valence-electron chi connectivity index (χ3n) is 3.18. The number of aryl methyl sites for hydroxylation is 1. The number of benzene rings is 1. The van der Waals surface area contributed by atoms with Crippen LogP contribution in [0.15, 0.2) is 16.6 Å². The normalized spacial score (nSPS) is 10.7. The summed E-state index contributed by atoms with van der Waals surface area (Å²) in [6.45, 7) is 6.29. The predicted molar refractivity (Wildman–Crippen MR) is 84.9 cm³/mol. The topological polar surface area (TPSA) is 83.7 Å². The summed E-state index contributed by atoms with van der Waals surface area (Å²) in [5.74, 6) is -0.822. The van der Waals surface area contributed by atoms with Gasteiger partial charge in [0.1, 0.15) is 0 Å². The largest absolute Gasteiger partial charge is 0.481 e. The van der Waals surface area contributed by atoms with Crippen molar-refractivity contribution in [1.29, 1.82) is 0 Å². The maximum Gasteiger partial charge on any atom is 0.303 e. The summed E-state index contributed by atoms with van der Waals surface area (Å²) in [4.78, 5) is 23.2. The molecule has 0 aliphatic heterocycles. The van der Waals surface area contributed by atoms with Crippen LogP contribution in [0.1, 0.15) is 32.3 Å². The number of aliphatic carboxylic acids is 1. The second-order valence-corrected chi connectivity index (χ2v) is 5.99. The lowest BCUT2D eigenvalue weighted by Crippen LogP contribution is -2.32. The van der Waals surface area contributed by atoms with Crippen LogP contribution in [0, 0.1) is 17.0 Å². The molecule has 0 fully saturated rings. The van der Waals surface area contributed by atoms with E-state index in [1.54, 1.807) is 13.0 Å². The summed E-state index contributed by atoms with van der Waals surface area (Å²) < 4.78 is 0.642. The van der Waals surface area contributed by atoms with Gasteiger partial charge in [-0.3, -0.25) is 14.9 Å². The van der Waals surface area contributed by atoms with Crippen LogP contribution >= 0.6 is 15.9 Å². The van der Waals surface area contributed by atoms with Crippen LogP contribution in [-0.2, 0) is 4.79 Å². The molecule has 0 aromatic heterocycles. The van der Waals surface area contributed by atoms with Crippen molar-refractivity contribution in [2.24, 2.45) is 0 Å². The lowest BCUT2D eigenvalue weighted by Gasteiger charge is -2.30. The third kappa shape index (κ3) is 4.70. The molecule has 0 bridgehead atoms. The van der Waals surface area contributed by atoms with E-state index in [1.165, 1.54) is 6.07 Å². The predicted octanol–water partition coefficient (Wildman–Crippen LogP) is 3.75. The molecule has 1 aromatic carbocycles. The van der Waals surface area contributed by atoms with Crippen molar-refractivity contribution in [3.63, 3.8) is 0 Å². The summed E-state index contributed by atoms with van der Waals surface area (Å²) >= 11 is 3.38. The number of nitro groups is 1. The van der Waals surface area contributed by atoms with E-state index in [4.69, 9.17) is 5.11 Å². The number of carboxylic acids is 1. The molecule has 116 valence electrons. The molecule has 0 unspecified atom stereocenters. The van der Waals surface area contributed by atoms with Crippen molar-refractivity contribution in [2.75, 3.05) is 11.4 Å². The number of hydrogen-bond acceptors (Lipinski definition) is 4. The van der Waals surface area contributed by atoms with Gasteiger partial charge in [0, 0.05) is 35.1 Å². The van der Waals surface area contributed by atoms with E-state index in [-0.39, 0.29) is 18.2 Å². The number of anilines is 1. The molecule has 0 saturated heterocycles. The van der Waals surface area contributed by atoms with Crippen LogP contribution in [0.2, 0.25) is 0 Å². The van der Waals surface area contributed by atoms with Crippen LogP contribution < -0.4 is 4.90 Å². The van der Waals surface area contributed by atoms with E-state index in [1.807, 2.05) is 18.7 Å². The van der Waals surface area contributed by atoms with Gasteiger partial charge in [-0.05, 0) is 49.2 Å². The van der Waals surface area contributed by atoms with Crippen LogP contribution in [0.3, 0.4) is 0 Å². The number of hydrogen-bond donors (Lipinski definition) is 1. The highest BCUT2D eigenvalue weighted by molar-refractivity contribution is 9.10. The smallest absolute Gasteiger partial charge is 0.303 e. The average molecular weight is 359 g/mol. The molecule has 7 heteroatoms. The Morgan fingerprint density at radius 1 is 1.48 bits per heavy atom. The zero-order chi connectivity index (χ0) is 16.2. The zero-order valence-electron chi connectivity index (χ0n) is 12.3. The van der Waals surface area contributed by atoms with Crippen LogP contribution in [0.5, 0.6) is 0 Å². The van der Waals surface area contributed by atoms with Crippen LogP contribution in [0.4, 0.5) is 11.4 Å². The minimum Gasteiger partial charge on any atom is -0.481 e. The number of carboxylic acid groups (broad SMARTS) is 1. The van der Waals surface area contributed by atoms with Crippen molar-refractivity contribution in [1.82, 2.24) is 0 Å². The van der Waals surface area contributed by atoms with E-state index < -0.39 is 10.9 Å².